The highest BCUT2D eigenvalue weighted by molar-refractivity contribution is 5.72. The van der Waals surface area contributed by atoms with E-state index in [1.165, 1.54) is 0 Å². The second-order valence-electron chi connectivity index (χ2n) is 14.6. The van der Waals surface area contributed by atoms with Crippen LogP contribution in [0.1, 0.15) is 60.5 Å². The van der Waals surface area contributed by atoms with Crippen molar-refractivity contribution in [3.63, 3.8) is 0 Å². The van der Waals surface area contributed by atoms with Gasteiger partial charge in [0.05, 0.1) is 35.9 Å². The Bertz CT molecular complexity index is 2030. The van der Waals surface area contributed by atoms with Gasteiger partial charge in [-0.25, -0.2) is 9.97 Å². The van der Waals surface area contributed by atoms with Crippen molar-refractivity contribution in [3.05, 3.63) is 144 Å². The van der Waals surface area contributed by atoms with E-state index in [0.29, 0.717) is 23.7 Å². The highest BCUT2D eigenvalue weighted by Gasteiger charge is 2.39. The number of rotatable bonds is 13. The molecule has 0 saturated carbocycles. The van der Waals surface area contributed by atoms with Gasteiger partial charge in [-0.15, -0.1) is 0 Å². The van der Waals surface area contributed by atoms with Crippen molar-refractivity contribution in [1.29, 1.82) is 0 Å². The lowest BCUT2D eigenvalue weighted by atomic mass is 9.94. The smallest absolute Gasteiger partial charge is 0.157 e. The monoisotopic (exact) mass is 720 g/mol. The van der Waals surface area contributed by atoms with Crippen molar-refractivity contribution in [2.24, 2.45) is 0 Å². The van der Waals surface area contributed by atoms with Crippen LogP contribution in [0, 0.1) is 0 Å². The molecule has 274 valence electrons. The highest BCUT2D eigenvalue weighted by Crippen LogP contribution is 2.36. The lowest BCUT2D eigenvalue weighted by Gasteiger charge is -2.31. The number of hydrogen-bond acceptors (Lipinski definition) is 8. The molecule has 8 rings (SSSR count). The number of likely N-dealkylation sites (tertiary alicyclic amines) is 2. The van der Waals surface area contributed by atoms with Crippen molar-refractivity contribution in [3.8, 4) is 33.6 Å². The molecule has 6 aromatic rings. The fourth-order valence-corrected chi connectivity index (χ4v) is 8.11. The molecule has 0 aliphatic carbocycles. The number of aldehydes is 2. The lowest BCUT2D eigenvalue weighted by Crippen LogP contribution is -2.42. The molecule has 2 aromatic heterocycles. The van der Waals surface area contributed by atoms with Gasteiger partial charge in [0.1, 0.15) is 11.6 Å². The van der Waals surface area contributed by atoms with Crippen LogP contribution >= 0.6 is 0 Å². The molecule has 4 N–H and O–H groups in total. The first-order valence-electron chi connectivity index (χ1n) is 18.6. The van der Waals surface area contributed by atoms with E-state index >= 15 is 0 Å². The summed E-state index contributed by atoms with van der Waals surface area (Å²) in [5.74, 6) is 1.67. The number of nitrogens with one attached hydrogen (secondary N) is 2. The lowest BCUT2D eigenvalue weighted by molar-refractivity contribution is -0.127. The van der Waals surface area contributed by atoms with Crippen molar-refractivity contribution >= 4 is 12.6 Å². The van der Waals surface area contributed by atoms with Crippen molar-refractivity contribution in [2.75, 3.05) is 26.2 Å². The van der Waals surface area contributed by atoms with Crippen LogP contribution in [0.25, 0.3) is 33.6 Å². The minimum atomic E-state index is -1.58. The van der Waals surface area contributed by atoms with Crippen LogP contribution in [0.5, 0.6) is 0 Å². The number of aliphatic hydroxyl groups is 2. The Morgan fingerprint density at radius 1 is 0.574 bits per heavy atom. The Labute approximate surface area is 314 Å². The summed E-state index contributed by atoms with van der Waals surface area (Å²) in [5, 5.41) is 22.5. The molecular weight excluding hydrogens is 677 g/mol. The number of carbonyl (C=O) groups is 2. The number of H-pyrrole nitrogens is 2. The SMILES string of the molecule is O=CC(O)(CN1CCC[C@H]1c1ncc(-c2ccc(-c3ccc(-c4cnc([C@@H]5CCCN5CC(O)(C=O)c5ccccc5)[nH]4)cc3)cc2)[nH]1)c1ccccc1. The Morgan fingerprint density at radius 3 is 1.31 bits per heavy atom. The molecule has 2 aliphatic heterocycles. The molecule has 4 aromatic carbocycles. The van der Waals surface area contributed by atoms with Crippen LogP contribution in [0.3, 0.4) is 0 Å². The third-order valence-electron chi connectivity index (χ3n) is 11.1. The number of nitrogens with zero attached hydrogens (tertiary/aromatic N) is 4. The van der Waals surface area contributed by atoms with E-state index in [9.17, 15) is 19.8 Å². The van der Waals surface area contributed by atoms with Gasteiger partial charge < -0.3 is 20.2 Å². The Hall–Kier alpha value is -5.52. The van der Waals surface area contributed by atoms with Gasteiger partial charge in [0.2, 0.25) is 0 Å². The molecule has 2 unspecified atom stereocenters. The third-order valence-corrected chi connectivity index (χ3v) is 11.1. The molecule has 4 heterocycles. The van der Waals surface area contributed by atoms with Crippen LogP contribution < -0.4 is 0 Å². The van der Waals surface area contributed by atoms with E-state index in [1.54, 1.807) is 24.3 Å². The van der Waals surface area contributed by atoms with E-state index < -0.39 is 11.2 Å². The number of β-amino-alcohol motifs (C(OH)–C–C–N with tert-alkyl or cyclic N) is 2. The normalized spacial score (nSPS) is 20.0. The predicted molar refractivity (Wildman–Crippen MR) is 207 cm³/mol. The predicted octanol–water partition coefficient (Wildman–Crippen LogP) is 6.58. The molecule has 2 saturated heterocycles. The fraction of sp³-hybridized carbons (Fsp3) is 0.273. The third kappa shape index (κ3) is 7.09. The zero-order chi connectivity index (χ0) is 37.1. The van der Waals surface area contributed by atoms with Crippen LogP contribution in [0.15, 0.2) is 122 Å². The van der Waals surface area contributed by atoms with E-state index in [0.717, 1.165) is 84.1 Å². The van der Waals surface area contributed by atoms with E-state index in [-0.39, 0.29) is 25.2 Å². The summed E-state index contributed by atoms with van der Waals surface area (Å²) in [6, 6.07) is 35.0. The summed E-state index contributed by atoms with van der Waals surface area (Å²) in [4.78, 5) is 44.9. The van der Waals surface area contributed by atoms with Gasteiger partial charge in [0.25, 0.3) is 0 Å². The quantitative estimate of drug-likeness (QED) is 0.0983. The molecule has 10 heteroatoms. The number of imidazole rings is 2. The van der Waals surface area contributed by atoms with E-state index in [2.05, 4.69) is 68.3 Å². The Balaban J connectivity index is 0.919. The van der Waals surface area contributed by atoms with Gasteiger partial charge in [-0.3, -0.25) is 19.4 Å². The topological polar surface area (TPSA) is 138 Å². The van der Waals surface area contributed by atoms with Gasteiger partial charge >= 0.3 is 0 Å². The zero-order valence-electron chi connectivity index (χ0n) is 30.0. The standard InChI is InChI=1S/C44H44N6O4/c51-29-43(53,35-9-3-1-4-10-35)27-49-23-7-13-39(49)41-45-25-37(47-41)33-19-15-31(16-20-33)32-17-21-34(22-18-32)38-26-46-42(48-38)40-14-8-24-50(40)28-44(54,30-52)36-11-5-2-6-12-36/h1-6,9-12,15-22,25-26,29-30,39-40,53-54H,7-8,13-14,23-24,27-28H2,(H,45,47)(H,46,48)/t39-,40-,43?,44?/m0/s1. The molecule has 2 aliphatic rings. The van der Waals surface area contributed by atoms with Gasteiger partial charge in [0.15, 0.2) is 23.8 Å². The second kappa shape index (κ2) is 15.1. The number of carbonyl (C=O) groups excluding carboxylic acids is 2. The molecule has 10 nitrogen and oxygen atoms in total. The molecule has 0 spiro atoms. The minimum Gasteiger partial charge on any atom is -0.376 e. The molecule has 4 atom stereocenters. The van der Waals surface area contributed by atoms with E-state index in [1.807, 2.05) is 48.8 Å². The average Bonchev–Trinajstić information content (AvgIpc) is 4.07. The van der Waals surface area contributed by atoms with Gasteiger partial charge in [-0.05, 0) is 72.2 Å². The minimum absolute atomic E-state index is 0.0168. The first-order valence-corrected chi connectivity index (χ1v) is 18.6. The molecule has 0 radical (unpaired) electrons. The summed E-state index contributed by atoms with van der Waals surface area (Å²) in [6.07, 6.45) is 8.71. The summed E-state index contributed by atoms with van der Waals surface area (Å²) in [6.45, 7) is 1.97. The molecule has 0 amide bonds. The Kier molecular flexibility index (Phi) is 9.91. The zero-order valence-corrected chi connectivity index (χ0v) is 30.0. The summed E-state index contributed by atoms with van der Waals surface area (Å²) >= 11 is 0. The maximum absolute atomic E-state index is 12.1. The molecular formula is C44H44N6O4. The van der Waals surface area contributed by atoms with Gasteiger partial charge in [-0.2, -0.15) is 0 Å². The number of aromatic nitrogens is 4. The first kappa shape index (κ1) is 35.5. The summed E-state index contributed by atoms with van der Waals surface area (Å²) in [7, 11) is 0. The van der Waals surface area contributed by atoms with Crippen LogP contribution in [0.2, 0.25) is 0 Å². The molecule has 2 fully saturated rings. The molecule has 54 heavy (non-hydrogen) atoms. The molecule has 0 bridgehead atoms. The number of aromatic amines is 2. The van der Waals surface area contributed by atoms with Gasteiger partial charge in [-0.1, -0.05) is 109 Å². The fourth-order valence-electron chi connectivity index (χ4n) is 8.11. The first-order chi connectivity index (χ1) is 26.4. The van der Waals surface area contributed by atoms with Crippen LogP contribution in [-0.2, 0) is 20.8 Å². The second-order valence-corrected chi connectivity index (χ2v) is 14.6. The average molecular weight is 721 g/mol. The summed E-state index contributed by atoms with van der Waals surface area (Å²) < 4.78 is 0. The largest absolute Gasteiger partial charge is 0.376 e. The number of benzene rings is 4. The van der Waals surface area contributed by atoms with Gasteiger partial charge in [0, 0.05) is 13.1 Å². The van der Waals surface area contributed by atoms with Crippen molar-refractivity contribution in [2.45, 2.75) is 49.0 Å². The number of hydrogen-bond donors (Lipinski definition) is 4. The summed E-state index contributed by atoms with van der Waals surface area (Å²) in [5.41, 5.74) is 4.08. The maximum Gasteiger partial charge on any atom is 0.157 e. The van der Waals surface area contributed by atoms with Crippen LogP contribution in [0.4, 0.5) is 0 Å². The van der Waals surface area contributed by atoms with Crippen LogP contribution in [-0.4, -0.2) is 78.7 Å². The highest BCUT2D eigenvalue weighted by atomic mass is 16.3. The van der Waals surface area contributed by atoms with E-state index in [4.69, 9.17) is 9.97 Å². The Morgan fingerprint density at radius 2 is 0.944 bits per heavy atom. The maximum atomic E-state index is 12.1. The van der Waals surface area contributed by atoms with Crippen molar-refractivity contribution in [1.82, 2.24) is 29.7 Å². The van der Waals surface area contributed by atoms with Crippen molar-refractivity contribution < 1.29 is 19.8 Å².